The zero-order valence-corrected chi connectivity index (χ0v) is 13.1. The molecule has 0 saturated heterocycles. The number of ether oxygens (including phenoxy) is 1. The van der Waals surface area contributed by atoms with Gasteiger partial charge in [0.15, 0.2) is 6.61 Å². The number of nitrogens with zero attached hydrogens (tertiary/aromatic N) is 1. The van der Waals surface area contributed by atoms with Gasteiger partial charge in [0.25, 0.3) is 5.91 Å². The number of nitrogens with one attached hydrogen (secondary N) is 1. The summed E-state index contributed by atoms with van der Waals surface area (Å²) >= 11 is 7.17. The van der Waals surface area contributed by atoms with Gasteiger partial charge in [-0.2, -0.15) is 5.26 Å². The van der Waals surface area contributed by atoms with Crippen LogP contribution in [0.4, 0.5) is 5.69 Å². The molecule has 0 aliphatic carbocycles. The molecule has 1 N–H and O–H groups in total. The molecular formula is C15H11ClN2O3S. The largest absolute Gasteiger partial charge is 0.451 e. The molecule has 0 atom stereocenters. The van der Waals surface area contributed by atoms with Crippen LogP contribution < -0.4 is 5.32 Å². The van der Waals surface area contributed by atoms with Crippen molar-refractivity contribution in [1.82, 2.24) is 0 Å². The van der Waals surface area contributed by atoms with Gasteiger partial charge in [0.1, 0.15) is 10.9 Å². The minimum atomic E-state index is -0.536. The molecule has 112 valence electrons. The summed E-state index contributed by atoms with van der Waals surface area (Å²) in [6.07, 6.45) is 0. The van der Waals surface area contributed by atoms with Crippen LogP contribution in [0.5, 0.6) is 0 Å². The minimum absolute atomic E-state index is 0.242. The summed E-state index contributed by atoms with van der Waals surface area (Å²) in [4.78, 5) is 24.9. The highest BCUT2D eigenvalue weighted by molar-refractivity contribution is 7.13. The fraction of sp³-hybridized carbons (Fsp3) is 0.133. The molecule has 22 heavy (non-hydrogen) atoms. The first kappa shape index (κ1) is 16.0. The molecular weight excluding hydrogens is 324 g/mol. The Labute approximate surface area is 136 Å². The molecule has 0 unspecified atom stereocenters. The van der Waals surface area contributed by atoms with E-state index in [-0.39, 0.29) is 5.02 Å². The number of esters is 1. The van der Waals surface area contributed by atoms with Crippen molar-refractivity contribution in [2.45, 2.75) is 6.92 Å². The Kier molecular flexibility index (Phi) is 5.15. The molecule has 0 bridgehead atoms. The van der Waals surface area contributed by atoms with E-state index in [4.69, 9.17) is 21.6 Å². The molecule has 0 saturated carbocycles. The van der Waals surface area contributed by atoms with Crippen LogP contribution >= 0.6 is 22.9 Å². The summed E-state index contributed by atoms with van der Waals surface area (Å²) in [5.74, 6) is -1.02. The van der Waals surface area contributed by atoms with E-state index in [1.165, 1.54) is 23.5 Å². The van der Waals surface area contributed by atoms with Crippen molar-refractivity contribution >= 4 is 40.5 Å². The molecule has 1 amide bonds. The summed E-state index contributed by atoms with van der Waals surface area (Å²) < 4.78 is 4.92. The number of carbonyl (C=O) groups is 2. The van der Waals surface area contributed by atoms with Crippen LogP contribution in [0.3, 0.4) is 0 Å². The second-order valence-corrected chi connectivity index (χ2v) is 6.04. The zero-order chi connectivity index (χ0) is 16.1. The molecule has 0 aliphatic heterocycles. The number of anilines is 1. The van der Waals surface area contributed by atoms with Crippen LogP contribution in [0.2, 0.25) is 5.02 Å². The number of halogens is 1. The second-order valence-electron chi connectivity index (χ2n) is 4.34. The lowest BCUT2D eigenvalue weighted by atomic mass is 10.2. The molecule has 7 heteroatoms. The van der Waals surface area contributed by atoms with Gasteiger partial charge in [-0.3, -0.25) is 4.79 Å². The van der Waals surface area contributed by atoms with Crippen molar-refractivity contribution in [2.75, 3.05) is 11.9 Å². The first-order chi connectivity index (χ1) is 10.5. The Balaban J connectivity index is 1.89. The van der Waals surface area contributed by atoms with Crippen molar-refractivity contribution in [3.05, 3.63) is 50.7 Å². The molecule has 0 radical (unpaired) electrons. The zero-order valence-electron chi connectivity index (χ0n) is 11.6. The number of nitriles is 1. The van der Waals surface area contributed by atoms with Gasteiger partial charge in [0.2, 0.25) is 0 Å². The maximum Gasteiger partial charge on any atom is 0.348 e. The summed E-state index contributed by atoms with van der Waals surface area (Å²) in [7, 11) is 0. The van der Waals surface area contributed by atoms with Crippen LogP contribution in [0, 0.1) is 18.3 Å². The predicted octanol–water partition coefficient (Wildman–Crippen LogP) is 3.38. The molecule has 1 aromatic carbocycles. The summed E-state index contributed by atoms with van der Waals surface area (Å²) in [5, 5.41) is 11.5. The van der Waals surface area contributed by atoms with Crippen LogP contribution in [0.25, 0.3) is 0 Å². The smallest absolute Gasteiger partial charge is 0.348 e. The molecule has 0 fully saturated rings. The predicted molar refractivity (Wildman–Crippen MR) is 84.1 cm³/mol. The third-order valence-electron chi connectivity index (χ3n) is 2.65. The summed E-state index contributed by atoms with van der Waals surface area (Å²) in [5.41, 5.74) is 0.746. The van der Waals surface area contributed by atoms with Crippen LogP contribution in [0.1, 0.15) is 20.1 Å². The lowest BCUT2D eigenvalue weighted by molar-refractivity contribution is -0.119. The highest BCUT2D eigenvalue weighted by atomic mass is 35.5. The van der Waals surface area contributed by atoms with Crippen LogP contribution in [0.15, 0.2) is 30.3 Å². The fourth-order valence-electron chi connectivity index (χ4n) is 1.63. The summed E-state index contributed by atoms with van der Waals surface area (Å²) in [6, 6.07) is 9.89. The highest BCUT2D eigenvalue weighted by Gasteiger charge is 2.12. The molecule has 0 aliphatic rings. The van der Waals surface area contributed by atoms with Crippen molar-refractivity contribution < 1.29 is 14.3 Å². The van der Waals surface area contributed by atoms with Gasteiger partial charge in [-0.25, -0.2) is 4.79 Å². The average molecular weight is 335 g/mol. The molecule has 2 aromatic rings. The Morgan fingerprint density at radius 2 is 2.14 bits per heavy atom. The Morgan fingerprint density at radius 1 is 1.36 bits per heavy atom. The van der Waals surface area contributed by atoms with Crippen LogP contribution in [-0.4, -0.2) is 18.5 Å². The topological polar surface area (TPSA) is 79.2 Å². The van der Waals surface area contributed by atoms with Crippen molar-refractivity contribution in [2.24, 2.45) is 0 Å². The van der Waals surface area contributed by atoms with E-state index in [0.717, 1.165) is 4.88 Å². The standard InChI is InChI=1S/C15H11ClN2O3S/c1-9-2-5-13(22-9)15(20)21-8-14(19)18-11-4-3-10(7-17)12(16)6-11/h2-6H,8H2,1H3,(H,18,19). The van der Waals surface area contributed by atoms with Gasteiger partial charge in [0.05, 0.1) is 10.6 Å². The van der Waals surface area contributed by atoms with Gasteiger partial charge in [-0.15, -0.1) is 11.3 Å². The monoisotopic (exact) mass is 334 g/mol. The number of benzene rings is 1. The first-order valence-corrected chi connectivity index (χ1v) is 7.42. The number of aryl methyl sites for hydroxylation is 1. The van der Waals surface area contributed by atoms with E-state index in [0.29, 0.717) is 16.1 Å². The van der Waals surface area contributed by atoms with Gasteiger partial charge < -0.3 is 10.1 Å². The van der Waals surface area contributed by atoms with Gasteiger partial charge in [-0.05, 0) is 37.3 Å². The van der Waals surface area contributed by atoms with E-state index in [1.807, 2.05) is 13.0 Å². The minimum Gasteiger partial charge on any atom is -0.451 e. The lowest BCUT2D eigenvalue weighted by Gasteiger charge is -2.06. The number of rotatable bonds is 4. The fourth-order valence-corrected chi connectivity index (χ4v) is 2.61. The Hall–Kier alpha value is -2.36. The van der Waals surface area contributed by atoms with E-state index >= 15 is 0 Å². The van der Waals surface area contributed by atoms with Gasteiger partial charge >= 0.3 is 5.97 Å². The number of carbonyl (C=O) groups excluding carboxylic acids is 2. The first-order valence-electron chi connectivity index (χ1n) is 6.22. The maximum absolute atomic E-state index is 11.7. The van der Waals surface area contributed by atoms with Crippen molar-refractivity contribution in [3.8, 4) is 6.07 Å². The number of thiophene rings is 1. The lowest BCUT2D eigenvalue weighted by Crippen LogP contribution is -2.20. The quantitative estimate of drug-likeness (QED) is 0.869. The molecule has 5 nitrogen and oxygen atoms in total. The van der Waals surface area contributed by atoms with Crippen molar-refractivity contribution in [1.29, 1.82) is 5.26 Å². The van der Waals surface area contributed by atoms with Crippen LogP contribution in [-0.2, 0) is 9.53 Å². The third kappa shape index (κ3) is 4.07. The number of hydrogen-bond donors (Lipinski definition) is 1. The number of hydrogen-bond acceptors (Lipinski definition) is 5. The molecule has 2 rings (SSSR count). The summed E-state index contributed by atoms with van der Waals surface area (Å²) in [6.45, 7) is 1.48. The van der Waals surface area contributed by atoms with E-state index in [9.17, 15) is 9.59 Å². The SMILES string of the molecule is Cc1ccc(C(=O)OCC(=O)Nc2ccc(C#N)c(Cl)c2)s1. The average Bonchev–Trinajstić information content (AvgIpc) is 2.91. The second kappa shape index (κ2) is 7.07. The molecule has 0 spiro atoms. The maximum atomic E-state index is 11.7. The highest BCUT2D eigenvalue weighted by Crippen LogP contribution is 2.20. The van der Waals surface area contributed by atoms with E-state index in [1.54, 1.807) is 18.2 Å². The molecule has 1 heterocycles. The normalized spacial score (nSPS) is 9.86. The van der Waals surface area contributed by atoms with E-state index in [2.05, 4.69) is 5.32 Å². The number of amides is 1. The van der Waals surface area contributed by atoms with Gasteiger partial charge in [0, 0.05) is 10.6 Å². The van der Waals surface area contributed by atoms with Crippen molar-refractivity contribution in [3.63, 3.8) is 0 Å². The third-order valence-corrected chi connectivity index (χ3v) is 3.94. The Morgan fingerprint density at radius 3 is 2.73 bits per heavy atom. The Bertz CT molecular complexity index is 764. The van der Waals surface area contributed by atoms with Gasteiger partial charge in [-0.1, -0.05) is 11.6 Å². The molecule has 1 aromatic heterocycles. The van der Waals surface area contributed by atoms with E-state index < -0.39 is 18.5 Å².